The van der Waals surface area contributed by atoms with E-state index in [9.17, 15) is 28.7 Å². The number of phenols is 1. The van der Waals surface area contributed by atoms with Crippen molar-refractivity contribution in [1.82, 2.24) is 28.5 Å². The maximum atomic E-state index is 15.4. The number of carbonyl (C=O) groups is 2. The molecule has 0 spiro atoms. The third-order valence-corrected chi connectivity index (χ3v) is 12.9. The van der Waals surface area contributed by atoms with Gasteiger partial charge in [-0.1, -0.05) is 41.9 Å². The lowest BCUT2D eigenvalue weighted by molar-refractivity contribution is -0.138. The van der Waals surface area contributed by atoms with Crippen molar-refractivity contribution in [2.45, 2.75) is 57.2 Å². The van der Waals surface area contributed by atoms with Crippen molar-refractivity contribution < 1.29 is 28.6 Å². The van der Waals surface area contributed by atoms with Crippen LogP contribution in [-0.2, 0) is 41.6 Å². The maximum absolute atomic E-state index is 15.4. The summed E-state index contributed by atoms with van der Waals surface area (Å²) in [5.41, 5.74) is 3.77. The summed E-state index contributed by atoms with van der Waals surface area (Å²) in [6, 6.07) is 17.9. The third-order valence-electron chi connectivity index (χ3n) is 12.7. The molecule has 62 heavy (non-hydrogen) atoms. The molecule has 1 saturated carbocycles. The number of ether oxygens (including phenoxy) is 2. The predicted octanol–water partition coefficient (Wildman–Crippen LogP) is 5.05. The van der Waals surface area contributed by atoms with Gasteiger partial charge in [-0.05, 0) is 84.5 Å². The van der Waals surface area contributed by atoms with Gasteiger partial charge < -0.3 is 19.1 Å². The van der Waals surface area contributed by atoms with E-state index >= 15 is 4.79 Å². The number of benzene rings is 4. The molecule has 4 atom stereocenters. The minimum atomic E-state index is -1.62. The molecule has 15 nitrogen and oxygen atoms in total. The fraction of sp³-hybridized carbons (Fsp3) is 0.289. The standard InChI is InChI=1S/C45H41ClFN7O8/c1-23-18-25(19-24(2)39(23)55)38-30-14-17-52-43(59)51(16-15-32-41(57)50(3)35-22-37(62-5)36(61-4)21-33(35)48-32)44(60)54(52)34(30)20-31-40(56)53(49-29-12-10-28(47)11-13-29)42(58)45(31,38)26-6-8-27(46)9-7-26/h6-14,18-19,21-22,31,34,38,49,55H,15-17,20H2,1-5H3. The second kappa shape index (κ2) is 14.9. The number of aromatic nitrogens is 5. The van der Waals surface area contributed by atoms with Gasteiger partial charge in [0.05, 0.1) is 54.9 Å². The lowest BCUT2D eigenvalue weighted by Crippen LogP contribution is -2.53. The van der Waals surface area contributed by atoms with Gasteiger partial charge in [-0.15, -0.1) is 0 Å². The molecule has 4 aromatic carbocycles. The molecule has 2 aromatic heterocycles. The van der Waals surface area contributed by atoms with E-state index in [1.807, 2.05) is 6.08 Å². The van der Waals surface area contributed by atoms with Crippen molar-refractivity contribution in [3.63, 3.8) is 0 Å². The lowest BCUT2D eigenvalue weighted by atomic mass is 9.53. The summed E-state index contributed by atoms with van der Waals surface area (Å²) in [6.07, 6.45) is 1.71. The van der Waals surface area contributed by atoms with Gasteiger partial charge in [0.25, 0.3) is 17.4 Å². The number of fused-ring (bicyclic) bond motifs is 5. The molecule has 0 radical (unpaired) electrons. The Morgan fingerprint density at radius 1 is 0.919 bits per heavy atom. The van der Waals surface area contributed by atoms with Crippen molar-refractivity contribution >= 4 is 40.1 Å². The number of nitrogens with zero attached hydrogens (tertiary/aromatic N) is 6. The fourth-order valence-electron chi connectivity index (χ4n) is 9.78. The summed E-state index contributed by atoms with van der Waals surface area (Å²) in [7, 11) is 4.57. The van der Waals surface area contributed by atoms with Crippen molar-refractivity contribution in [3.8, 4) is 17.2 Å². The number of phenolic OH excluding ortho intramolecular Hbond substituents is 1. The Balaban J connectivity index is 1.18. The van der Waals surface area contributed by atoms with Crippen LogP contribution in [0, 0.1) is 25.6 Å². The van der Waals surface area contributed by atoms with Gasteiger partial charge in [0.1, 0.15) is 17.3 Å². The summed E-state index contributed by atoms with van der Waals surface area (Å²) < 4.78 is 30.0. The molecule has 9 rings (SSSR count). The van der Waals surface area contributed by atoms with Gasteiger partial charge in [0.2, 0.25) is 0 Å². The Hall–Kier alpha value is -6.94. The van der Waals surface area contributed by atoms with E-state index in [-0.39, 0.29) is 37.4 Å². The highest BCUT2D eigenvalue weighted by atomic mass is 35.5. The lowest BCUT2D eigenvalue weighted by Gasteiger charge is -2.49. The molecule has 17 heteroatoms. The molecule has 2 amide bonds. The second-order valence-corrected chi connectivity index (χ2v) is 16.4. The van der Waals surface area contributed by atoms with E-state index in [0.29, 0.717) is 61.1 Å². The highest BCUT2D eigenvalue weighted by molar-refractivity contribution is 6.30. The first-order chi connectivity index (χ1) is 29.7. The van der Waals surface area contributed by atoms with Gasteiger partial charge in [-0.3, -0.25) is 19.8 Å². The van der Waals surface area contributed by atoms with Gasteiger partial charge in [-0.2, -0.15) is 5.01 Å². The third kappa shape index (κ3) is 5.98. The number of hydrazine groups is 1. The number of rotatable bonds is 9. The van der Waals surface area contributed by atoms with Crippen molar-refractivity contribution in [1.29, 1.82) is 0 Å². The number of imide groups is 1. The molecular weight excluding hydrogens is 821 g/mol. The molecule has 1 saturated heterocycles. The van der Waals surface area contributed by atoms with Crippen LogP contribution < -0.4 is 31.8 Å². The second-order valence-electron chi connectivity index (χ2n) is 15.9. The molecule has 3 aliphatic rings. The quantitative estimate of drug-likeness (QED) is 0.148. The Morgan fingerprint density at radius 3 is 2.24 bits per heavy atom. The number of carbonyl (C=O) groups excluding carboxylic acids is 2. The van der Waals surface area contributed by atoms with Gasteiger partial charge in [-0.25, -0.2) is 32.9 Å². The minimum absolute atomic E-state index is 0.0435. The molecule has 1 aliphatic carbocycles. The molecule has 4 unspecified atom stereocenters. The Labute approximate surface area is 357 Å². The van der Waals surface area contributed by atoms with Crippen molar-refractivity contribution in [2.75, 3.05) is 19.6 Å². The summed E-state index contributed by atoms with van der Waals surface area (Å²) in [6.45, 7) is 3.26. The van der Waals surface area contributed by atoms with Crippen LogP contribution in [-0.4, -0.2) is 59.6 Å². The van der Waals surface area contributed by atoms with E-state index in [1.54, 1.807) is 69.4 Å². The number of hydrogen-bond donors (Lipinski definition) is 2. The minimum Gasteiger partial charge on any atom is -0.507 e. The summed E-state index contributed by atoms with van der Waals surface area (Å²) in [5.74, 6) is -2.79. The normalized spacial score (nSPS) is 20.5. The molecule has 2 aliphatic heterocycles. The zero-order valence-electron chi connectivity index (χ0n) is 34.3. The van der Waals surface area contributed by atoms with Crippen LogP contribution in [0.15, 0.2) is 98.8 Å². The number of methoxy groups -OCH3 is 2. The van der Waals surface area contributed by atoms with E-state index < -0.39 is 57.9 Å². The number of halogens is 2. The zero-order valence-corrected chi connectivity index (χ0v) is 35.1. The average molecular weight is 862 g/mol. The van der Waals surface area contributed by atoms with Gasteiger partial charge in [0, 0.05) is 43.1 Å². The summed E-state index contributed by atoms with van der Waals surface area (Å²) >= 11 is 6.40. The Morgan fingerprint density at radius 2 is 1.58 bits per heavy atom. The van der Waals surface area contributed by atoms with Crippen LogP contribution >= 0.6 is 11.6 Å². The predicted molar refractivity (Wildman–Crippen MR) is 227 cm³/mol. The summed E-state index contributed by atoms with van der Waals surface area (Å²) in [5, 5.41) is 12.3. The van der Waals surface area contributed by atoms with E-state index in [2.05, 4.69) is 10.4 Å². The van der Waals surface area contributed by atoms with Crippen LogP contribution in [0.2, 0.25) is 5.02 Å². The number of aromatic hydroxyl groups is 1. The molecule has 4 heterocycles. The van der Waals surface area contributed by atoms with Crippen LogP contribution in [0.5, 0.6) is 17.2 Å². The first kappa shape index (κ1) is 40.5. The average Bonchev–Trinajstić information content (AvgIpc) is 3.63. The van der Waals surface area contributed by atoms with Crippen molar-refractivity contribution in [2.24, 2.45) is 13.0 Å². The SMILES string of the molecule is COc1cc2nc(CCn3c(=O)n4n(c3=O)C3CC5C(=O)N(Nc6ccc(F)cc6)C(=O)C5(c5ccc(Cl)cc5)C(c5cc(C)c(O)c(C)c5)C3=CC4)c(=O)n(C)c2cc1OC. The van der Waals surface area contributed by atoms with E-state index in [0.717, 1.165) is 9.58 Å². The van der Waals surface area contributed by atoms with E-state index in [1.165, 1.54) is 52.4 Å². The first-order valence-corrected chi connectivity index (χ1v) is 20.3. The monoisotopic (exact) mass is 861 g/mol. The Bertz CT molecular complexity index is 3060. The number of hydrogen-bond acceptors (Lipinski definition) is 10. The molecular formula is C45H41ClFN7O8. The highest BCUT2D eigenvalue weighted by Crippen LogP contribution is 2.62. The number of allylic oxidation sites excluding steroid dienone is 2. The van der Waals surface area contributed by atoms with E-state index in [4.69, 9.17) is 21.1 Å². The number of amides is 2. The molecule has 318 valence electrons. The molecule has 2 N–H and O–H groups in total. The van der Waals surface area contributed by atoms with Crippen LogP contribution in [0.1, 0.15) is 46.3 Å². The van der Waals surface area contributed by atoms with Gasteiger partial charge in [0.15, 0.2) is 11.5 Å². The smallest absolute Gasteiger partial charge is 0.347 e. The van der Waals surface area contributed by atoms with Crippen LogP contribution in [0.25, 0.3) is 11.0 Å². The van der Waals surface area contributed by atoms with Gasteiger partial charge >= 0.3 is 11.4 Å². The van der Waals surface area contributed by atoms with Crippen LogP contribution in [0.4, 0.5) is 10.1 Å². The topological polar surface area (TPSA) is 172 Å². The number of nitrogens with one attached hydrogen (secondary N) is 1. The number of aryl methyl sites for hydroxylation is 4. The fourth-order valence-corrected chi connectivity index (χ4v) is 9.90. The summed E-state index contributed by atoms with van der Waals surface area (Å²) in [4.78, 5) is 77.4. The largest absolute Gasteiger partial charge is 0.507 e. The molecule has 2 fully saturated rings. The maximum Gasteiger partial charge on any atom is 0.347 e. The molecule has 6 aromatic rings. The Kier molecular flexibility index (Phi) is 9.73. The first-order valence-electron chi connectivity index (χ1n) is 19.9. The molecule has 0 bridgehead atoms. The van der Waals surface area contributed by atoms with Crippen molar-refractivity contribution in [3.05, 3.63) is 155 Å². The number of anilines is 1. The highest BCUT2D eigenvalue weighted by Gasteiger charge is 2.68. The zero-order chi connectivity index (χ0) is 43.9. The van der Waals surface area contributed by atoms with Crippen LogP contribution in [0.3, 0.4) is 0 Å².